The number of carbonyl (C=O) groups is 1. The normalized spacial score (nSPS) is 27.6. The average Bonchev–Trinajstić information content (AvgIpc) is 2.78. The first-order chi connectivity index (χ1) is 8.80. The second kappa shape index (κ2) is 5.43. The molecule has 0 radical (unpaired) electrons. The zero-order valence-electron chi connectivity index (χ0n) is 12.9. The quantitative estimate of drug-likeness (QED) is 0.835. The molecule has 19 heavy (non-hydrogen) atoms. The van der Waals surface area contributed by atoms with E-state index in [9.17, 15) is 4.79 Å². The van der Waals surface area contributed by atoms with Crippen LogP contribution in [0.3, 0.4) is 0 Å². The van der Waals surface area contributed by atoms with Gasteiger partial charge in [0.1, 0.15) is 0 Å². The molecular weight excluding hydrogens is 236 g/mol. The van der Waals surface area contributed by atoms with Crippen molar-refractivity contribution in [2.75, 3.05) is 13.1 Å². The molecule has 2 N–H and O–H groups in total. The van der Waals surface area contributed by atoms with Gasteiger partial charge in [-0.15, -0.1) is 0 Å². The van der Waals surface area contributed by atoms with Gasteiger partial charge in [-0.25, -0.2) is 0 Å². The third-order valence-corrected chi connectivity index (χ3v) is 5.12. The summed E-state index contributed by atoms with van der Waals surface area (Å²) in [7, 11) is 0. The fourth-order valence-corrected chi connectivity index (χ4v) is 3.54. The second-order valence-corrected chi connectivity index (χ2v) is 7.79. The molecule has 1 aliphatic heterocycles. The van der Waals surface area contributed by atoms with Crippen LogP contribution in [-0.2, 0) is 4.79 Å². The minimum absolute atomic E-state index is 0.213. The molecule has 1 aliphatic carbocycles. The number of rotatable bonds is 2. The van der Waals surface area contributed by atoms with Gasteiger partial charge in [-0.3, -0.25) is 4.79 Å². The van der Waals surface area contributed by atoms with Gasteiger partial charge < -0.3 is 10.6 Å². The maximum Gasteiger partial charge on any atom is 0.224 e. The van der Waals surface area contributed by atoms with Crippen LogP contribution in [-0.4, -0.2) is 29.4 Å². The van der Waals surface area contributed by atoms with Gasteiger partial charge in [-0.05, 0) is 30.6 Å². The molecule has 2 aliphatic rings. The van der Waals surface area contributed by atoms with Crippen molar-refractivity contribution in [2.45, 2.75) is 71.3 Å². The Morgan fingerprint density at radius 1 is 1.26 bits per heavy atom. The van der Waals surface area contributed by atoms with Crippen LogP contribution in [0.4, 0.5) is 0 Å². The number of nitrogens with two attached hydrogens (primary N) is 1. The van der Waals surface area contributed by atoms with E-state index in [-0.39, 0.29) is 11.4 Å². The van der Waals surface area contributed by atoms with Crippen LogP contribution < -0.4 is 5.73 Å². The molecule has 1 heterocycles. The minimum Gasteiger partial charge on any atom is -0.342 e. The van der Waals surface area contributed by atoms with E-state index in [2.05, 4.69) is 25.7 Å². The van der Waals surface area contributed by atoms with E-state index in [1.54, 1.807) is 0 Å². The fourth-order valence-electron chi connectivity index (χ4n) is 3.54. The third kappa shape index (κ3) is 3.71. The summed E-state index contributed by atoms with van der Waals surface area (Å²) in [5.41, 5.74) is 6.49. The SMILES string of the molecule is CC(C)(C)C1CCN(C(=O)CC2(N)CCCCC2)C1. The molecule has 1 atom stereocenters. The predicted octanol–water partition coefficient (Wildman–Crippen LogP) is 2.93. The third-order valence-electron chi connectivity index (χ3n) is 5.12. The van der Waals surface area contributed by atoms with Crippen molar-refractivity contribution in [2.24, 2.45) is 17.1 Å². The van der Waals surface area contributed by atoms with Crippen LogP contribution in [0.2, 0.25) is 0 Å². The smallest absolute Gasteiger partial charge is 0.224 e. The summed E-state index contributed by atoms with van der Waals surface area (Å²) in [6.45, 7) is 8.68. The molecule has 2 rings (SSSR count). The first-order valence-electron chi connectivity index (χ1n) is 7.87. The second-order valence-electron chi connectivity index (χ2n) is 7.79. The molecule has 0 bridgehead atoms. The maximum atomic E-state index is 12.4. The Bertz CT molecular complexity index is 326. The first-order valence-corrected chi connectivity index (χ1v) is 7.87. The van der Waals surface area contributed by atoms with Gasteiger partial charge in [-0.2, -0.15) is 0 Å². The fraction of sp³-hybridized carbons (Fsp3) is 0.938. The molecule has 0 spiro atoms. The molecule has 110 valence electrons. The highest BCUT2D eigenvalue weighted by molar-refractivity contribution is 5.77. The van der Waals surface area contributed by atoms with E-state index in [4.69, 9.17) is 5.73 Å². The molecule has 1 amide bonds. The van der Waals surface area contributed by atoms with Crippen LogP contribution in [0.25, 0.3) is 0 Å². The van der Waals surface area contributed by atoms with Crippen LogP contribution in [0.5, 0.6) is 0 Å². The Balaban J connectivity index is 1.87. The Morgan fingerprint density at radius 3 is 2.42 bits per heavy atom. The van der Waals surface area contributed by atoms with Crippen LogP contribution in [0, 0.1) is 11.3 Å². The summed E-state index contributed by atoms with van der Waals surface area (Å²) in [5.74, 6) is 0.924. The standard InChI is InChI=1S/C16H30N2O/c1-15(2,3)13-7-10-18(12-13)14(19)11-16(17)8-5-4-6-9-16/h13H,4-12,17H2,1-3H3. The van der Waals surface area contributed by atoms with Gasteiger partial charge in [-0.1, -0.05) is 40.0 Å². The van der Waals surface area contributed by atoms with Crippen molar-refractivity contribution in [3.63, 3.8) is 0 Å². The Morgan fingerprint density at radius 2 is 1.89 bits per heavy atom. The molecule has 1 saturated carbocycles. The molecule has 1 saturated heterocycles. The summed E-state index contributed by atoms with van der Waals surface area (Å²) >= 11 is 0. The van der Waals surface area contributed by atoms with Gasteiger partial charge in [0.2, 0.25) is 5.91 Å². The van der Waals surface area contributed by atoms with Gasteiger partial charge >= 0.3 is 0 Å². The van der Waals surface area contributed by atoms with E-state index < -0.39 is 0 Å². The van der Waals surface area contributed by atoms with Crippen molar-refractivity contribution < 1.29 is 4.79 Å². The van der Waals surface area contributed by atoms with E-state index >= 15 is 0 Å². The van der Waals surface area contributed by atoms with E-state index in [1.807, 2.05) is 0 Å². The molecule has 2 fully saturated rings. The van der Waals surface area contributed by atoms with Crippen LogP contribution >= 0.6 is 0 Å². The monoisotopic (exact) mass is 266 g/mol. The van der Waals surface area contributed by atoms with Gasteiger partial charge in [0, 0.05) is 25.0 Å². The molecule has 0 aromatic rings. The van der Waals surface area contributed by atoms with Crippen molar-refractivity contribution in [1.82, 2.24) is 4.90 Å². The Labute approximate surface area is 117 Å². The summed E-state index contributed by atoms with van der Waals surface area (Å²) < 4.78 is 0. The van der Waals surface area contributed by atoms with E-state index in [0.29, 0.717) is 17.8 Å². The molecule has 3 heteroatoms. The Hall–Kier alpha value is -0.570. The highest BCUT2D eigenvalue weighted by Crippen LogP contribution is 2.35. The van der Waals surface area contributed by atoms with Crippen molar-refractivity contribution in [3.05, 3.63) is 0 Å². The lowest BCUT2D eigenvalue weighted by atomic mass is 9.79. The summed E-state index contributed by atoms with van der Waals surface area (Å²) in [5, 5.41) is 0. The van der Waals surface area contributed by atoms with Gasteiger partial charge in [0.05, 0.1) is 0 Å². The lowest BCUT2D eigenvalue weighted by Crippen LogP contribution is -2.46. The highest BCUT2D eigenvalue weighted by atomic mass is 16.2. The maximum absolute atomic E-state index is 12.4. The van der Waals surface area contributed by atoms with Gasteiger partial charge in [0.15, 0.2) is 0 Å². The van der Waals surface area contributed by atoms with Crippen molar-refractivity contribution in [1.29, 1.82) is 0 Å². The highest BCUT2D eigenvalue weighted by Gasteiger charge is 2.37. The summed E-state index contributed by atoms with van der Waals surface area (Å²) in [4.78, 5) is 14.5. The lowest BCUT2D eigenvalue weighted by molar-refractivity contribution is -0.132. The van der Waals surface area contributed by atoms with Crippen molar-refractivity contribution in [3.8, 4) is 0 Å². The molecule has 0 aromatic heterocycles. The molecule has 0 aromatic carbocycles. The van der Waals surface area contributed by atoms with Crippen LogP contribution in [0.1, 0.15) is 65.7 Å². The Kier molecular flexibility index (Phi) is 4.24. The summed E-state index contributed by atoms with van der Waals surface area (Å²) in [6.07, 6.45) is 7.41. The van der Waals surface area contributed by atoms with E-state index in [1.165, 1.54) is 19.3 Å². The van der Waals surface area contributed by atoms with E-state index in [0.717, 1.165) is 32.4 Å². The number of likely N-dealkylation sites (tertiary alicyclic amines) is 1. The number of nitrogens with zero attached hydrogens (tertiary/aromatic N) is 1. The number of hydrogen-bond donors (Lipinski definition) is 1. The largest absolute Gasteiger partial charge is 0.342 e. The minimum atomic E-state index is -0.213. The van der Waals surface area contributed by atoms with Gasteiger partial charge in [0.25, 0.3) is 0 Å². The first kappa shape index (κ1) is 14.8. The van der Waals surface area contributed by atoms with Crippen LogP contribution in [0.15, 0.2) is 0 Å². The number of hydrogen-bond acceptors (Lipinski definition) is 2. The molecular formula is C16H30N2O. The summed E-state index contributed by atoms with van der Waals surface area (Å²) in [6, 6.07) is 0. The topological polar surface area (TPSA) is 46.3 Å². The molecule has 1 unspecified atom stereocenters. The average molecular weight is 266 g/mol. The molecule has 3 nitrogen and oxygen atoms in total. The zero-order chi connectivity index (χ0) is 14.1. The predicted molar refractivity (Wildman–Crippen MR) is 78.8 cm³/mol. The number of amides is 1. The van der Waals surface area contributed by atoms with Crippen molar-refractivity contribution >= 4 is 5.91 Å². The zero-order valence-corrected chi connectivity index (χ0v) is 12.9. The lowest BCUT2D eigenvalue weighted by Gasteiger charge is -2.34. The number of carbonyl (C=O) groups excluding carboxylic acids is 1.